The van der Waals surface area contributed by atoms with Crippen molar-refractivity contribution >= 4 is 17.3 Å². The third-order valence-electron chi connectivity index (χ3n) is 5.38. The third-order valence-corrected chi connectivity index (χ3v) is 5.38. The minimum atomic E-state index is -0.0724. The van der Waals surface area contributed by atoms with Crippen molar-refractivity contribution < 1.29 is 4.79 Å². The minimum absolute atomic E-state index is 0.0724. The number of hydrogen-bond donors (Lipinski definition) is 2. The molecule has 0 saturated heterocycles. The van der Waals surface area contributed by atoms with Crippen molar-refractivity contribution in [3.05, 3.63) is 59.7 Å². The van der Waals surface area contributed by atoms with Gasteiger partial charge in [0.25, 0.3) is 5.91 Å². The van der Waals surface area contributed by atoms with Gasteiger partial charge in [-0.25, -0.2) is 0 Å². The number of amides is 1. The van der Waals surface area contributed by atoms with Crippen LogP contribution in [0.1, 0.15) is 41.1 Å². The van der Waals surface area contributed by atoms with Crippen LogP contribution in [0.3, 0.4) is 0 Å². The van der Waals surface area contributed by atoms with Gasteiger partial charge in [0.2, 0.25) is 0 Å². The van der Waals surface area contributed by atoms with Crippen molar-refractivity contribution in [2.24, 2.45) is 5.92 Å². The number of anilines is 2. The SMILES string of the molecule is CN(C)c1cccc(C(=O)Nc2ccc([C@@H]3C[C@H]3NCC3CC3)cc2)c1. The van der Waals surface area contributed by atoms with Crippen LogP contribution in [0.4, 0.5) is 11.4 Å². The average Bonchev–Trinajstić information content (AvgIpc) is 3.55. The molecule has 136 valence electrons. The van der Waals surface area contributed by atoms with Gasteiger partial charge in [-0.15, -0.1) is 0 Å². The van der Waals surface area contributed by atoms with E-state index in [0.717, 1.165) is 17.3 Å². The zero-order valence-electron chi connectivity index (χ0n) is 15.5. The first kappa shape index (κ1) is 17.1. The third kappa shape index (κ3) is 4.07. The van der Waals surface area contributed by atoms with Gasteiger partial charge in [-0.2, -0.15) is 0 Å². The predicted octanol–water partition coefficient (Wildman–Crippen LogP) is 3.86. The lowest BCUT2D eigenvalue weighted by Crippen LogP contribution is -2.20. The predicted molar refractivity (Wildman–Crippen MR) is 107 cm³/mol. The van der Waals surface area contributed by atoms with Gasteiger partial charge in [-0.1, -0.05) is 18.2 Å². The molecule has 2 aromatic carbocycles. The molecule has 2 saturated carbocycles. The summed E-state index contributed by atoms with van der Waals surface area (Å²) >= 11 is 0. The van der Waals surface area contributed by atoms with E-state index in [9.17, 15) is 4.79 Å². The molecule has 0 aliphatic heterocycles. The van der Waals surface area contributed by atoms with Crippen LogP contribution in [-0.2, 0) is 0 Å². The molecule has 4 heteroatoms. The van der Waals surface area contributed by atoms with Crippen LogP contribution in [0.15, 0.2) is 48.5 Å². The first-order valence-corrected chi connectivity index (χ1v) is 9.52. The number of nitrogens with one attached hydrogen (secondary N) is 2. The van der Waals surface area contributed by atoms with Crippen molar-refractivity contribution in [3.63, 3.8) is 0 Å². The van der Waals surface area contributed by atoms with Gasteiger partial charge in [-0.3, -0.25) is 4.79 Å². The zero-order chi connectivity index (χ0) is 18.1. The maximum Gasteiger partial charge on any atom is 0.255 e. The molecular weight excluding hydrogens is 322 g/mol. The van der Waals surface area contributed by atoms with Crippen LogP contribution in [0.25, 0.3) is 0 Å². The molecule has 26 heavy (non-hydrogen) atoms. The van der Waals surface area contributed by atoms with Gasteiger partial charge in [0, 0.05) is 43.0 Å². The molecule has 0 spiro atoms. The minimum Gasteiger partial charge on any atom is -0.378 e. The summed E-state index contributed by atoms with van der Waals surface area (Å²) in [5.41, 5.74) is 3.90. The molecular formula is C22H27N3O. The molecule has 0 unspecified atom stereocenters. The summed E-state index contributed by atoms with van der Waals surface area (Å²) in [6.45, 7) is 1.18. The molecule has 2 N–H and O–H groups in total. The number of carbonyl (C=O) groups excluding carboxylic acids is 1. The Bertz CT molecular complexity index is 780. The summed E-state index contributed by atoms with van der Waals surface area (Å²) in [6, 6.07) is 16.6. The fourth-order valence-corrected chi connectivity index (χ4v) is 3.37. The lowest BCUT2D eigenvalue weighted by molar-refractivity contribution is 0.102. The quantitative estimate of drug-likeness (QED) is 0.798. The fourth-order valence-electron chi connectivity index (χ4n) is 3.37. The Kier molecular flexibility index (Phi) is 4.68. The summed E-state index contributed by atoms with van der Waals surface area (Å²) < 4.78 is 0. The highest BCUT2D eigenvalue weighted by Gasteiger charge is 2.38. The lowest BCUT2D eigenvalue weighted by Gasteiger charge is -2.13. The topological polar surface area (TPSA) is 44.4 Å². The highest BCUT2D eigenvalue weighted by molar-refractivity contribution is 6.04. The van der Waals surface area contributed by atoms with E-state index in [1.165, 1.54) is 31.4 Å². The largest absolute Gasteiger partial charge is 0.378 e. The molecule has 2 aliphatic rings. The lowest BCUT2D eigenvalue weighted by atomic mass is 10.1. The van der Waals surface area contributed by atoms with Crippen molar-refractivity contribution in [2.75, 3.05) is 30.9 Å². The van der Waals surface area contributed by atoms with Crippen molar-refractivity contribution in [1.82, 2.24) is 5.32 Å². The van der Waals surface area contributed by atoms with Crippen LogP contribution in [0.2, 0.25) is 0 Å². The second-order valence-electron chi connectivity index (χ2n) is 7.82. The zero-order valence-corrected chi connectivity index (χ0v) is 15.5. The standard InChI is InChI=1S/C22H27N3O/c1-25(2)19-5-3-4-17(12-19)22(26)24-18-10-8-16(9-11-18)20-13-21(20)23-14-15-6-7-15/h3-5,8-12,15,20-21,23H,6-7,13-14H2,1-2H3,(H,24,26)/t20-,21+/m0/s1. The first-order chi connectivity index (χ1) is 12.6. The average molecular weight is 349 g/mol. The maximum absolute atomic E-state index is 12.5. The van der Waals surface area contributed by atoms with Crippen LogP contribution in [0, 0.1) is 5.92 Å². The van der Waals surface area contributed by atoms with Gasteiger partial charge in [0.1, 0.15) is 0 Å². The Hall–Kier alpha value is -2.33. The molecule has 2 atom stereocenters. The highest BCUT2D eigenvalue weighted by atomic mass is 16.1. The number of benzene rings is 2. The van der Waals surface area contributed by atoms with E-state index >= 15 is 0 Å². The molecule has 0 aromatic heterocycles. The summed E-state index contributed by atoms with van der Waals surface area (Å²) in [7, 11) is 3.95. The normalized spacial score (nSPS) is 21.3. The molecule has 4 rings (SSSR count). The van der Waals surface area contributed by atoms with Crippen molar-refractivity contribution in [1.29, 1.82) is 0 Å². The fraction of sp³-hybridized carbons (Fsp3) is 0.409. The molecule has 2 aromatic rings. The smallest absolute Gasteiger partial charge is 0.255 e. The molecule has 2 fully saturated rings. The Morgan fingerprint density at radius 1 is 1.12 bits per heavy atom. The van der Waals surface area contributed by atoms with Crippen LogP contribution < -0.4 is 15.5 Å². The van der Waals surface area contributed by atoms with E-state index in [0.29, 0.717) is 17.5 Å². The molecule has 4 nitrogen and oxygen atoms in total. The van der Waals surface area contributed by atoms with Gasteiger partial charge in [0.05, 0.1) is 0 Å². The van der Waals surface area contributed by atoms with Crippen molar-refractivity contribution in [2.45, 2.75) is 31.2 Å². The summed E-state index contributed by atoms with van der Waals surface area (Å²) in [5, 5.41) is 6.67. The summed E-state index contributed by atoms with van der Waals surface area (Å²) in [4.78, 5) is 14.5. The van der Waals surface area contributed by atoms with Crippen molar-refractivity contribution in [3.8, 4) is 0 Å². The molecule has 1 amide bonds. The maximum atomic E-state index is 12.5. The second-order valence-corrected chi connectivity index (χ2v) is 7.82. The van der Waals surface area contributed by atoms with Crippen LogP contribution in [0.5, 0.6) is 0 Å². The van der Waals surface area contributed by atoms with Gasteiger partial charge in [-0.05, 0) is 67.6 Å². The Morgan fingerprint density at radius 2 is 1.88 bits per heavy atom. The molecule has 0 heterocycles. The molecule has 2 aliphatic carbocycles. The monoisotopic (exact) mass is 349 g/mol. The van der Waals surface area contributed by atoms with Crippen LogP contribution in [-0.4, -0.2) is 32.6 Å². The number of carbonyl (C=O) groups is 1. The number of rotatable bonds is 7. The number of nitrogens with zero attached hydrogens (tertiary/aromatic N) is 1. The van der Waals surface area contributed by atoms with E-state index < -0.39 is 0 Å². The Labute approximate surface area is 155 Å². The van der Waals surface area contributed by atoms with Gasteiger partial charge in [0.15, 0.2) is 0 Å². The van der Waals surface area contributed by atoms with E-state index in [-0.39, 0.29) is 5.91 Å². The van der Waals surface area contributed by atoms with E-state index in [4.69, 9.17) is 0 Å². The molecule has 0 radical (unpaired) electrons. The Balaban J connectivity index is 1.34. The Morgan fingerprint density at radius 3 is 2.58 bits per heavy atom. The second kappa shape index (κ2) is 7.12. The van der Waals surface area contributed by atoms with E-state index in [1.807, 2.05) is 55.4 Å². The van der Waals surface area contributed by atoms with Gasteiger partial charge >= 0.3 is 0 Å². The van der Waals surface area contributed by atoms with E-state index in [2.05, 4.69) is 22.8 Å². The van der Waals surface area contributed by atoms with Crippen LogP contribution >= 0.6 is 0 Å². The first-order valence-electron chi connectivity index (χ1n) is 9.52. The molecule has 0 bridgehead atoms. The summed E-state index contributed by atoms with van der Waals surface area (Å²) in [6.07, 6.45) is 4.03. The van der Waals surface area contributed by atoms with Gasteiger partial charge < -0.3 is 15.5 Å². The highest BCUT2D eigenvalue weighted by Crippen LogP contribution is 2.41. The summed E-state index contributed by atoms with van der Waals surface area (Å²) in [5.74, 6) is 1.49. The number of hydrogen-bond acceptors (Lipinski definition) is 3. The van der Waals surface area contributed by atoms with E-state index in [1.54, 1.807) is 0 Å².